The molecule has 0 unspecified atom stereocenters. The SMILES string of the molecule is C=C1CN=C(c2ccc(Cl)cc2)c2ccccc2/C1=C(\C)ON. The van der Waals surface area contributed by atoms with Crippen LogP contribution in [0.3, 0.4) is 0 Å². The summed E-state index contributed by atoms with van der Waals surface area (Å²) in [4.78, 5) is 9.74. The predicted octanol–water partition coefficient (Wildman–Crippen LogP) is 4.37. The molecule has 2 N–H and O–H groups in total. The molecule has 0 spiro atoms. The number of hydrogen-bond donors (Lipinski definition) is 1. The Morgan fingerprint density at radius 3 is 2.43 bits per heavy atom. The molecule has 0 aromatic heterocycles. The van der Waals surface area contributed by atoms with Gasteiger partial charge in [-0.1, -0.05) is 54.6 Å². The average Bonchev–Trinajstić information content (AvgIpc) is 2.71. The van der Waals surface area contributed by atoms with Crippen LogP contribution >= 0.6 is 11.6 Å². The lowest BCUT2D eigenvalue weighted by atomic mass is 9.91. The molecule has 3 rings (SSSR count). The van der Waals surface area contributed by atoms with Crippen LogP contribution in [0.5, 0.6) is 0 Å². The van der Waals surface area contributed by atoms with Gasteiger partial charge in [-0.2, -0.15) is 5.90 Å². The van der Waals surface area contributed by atoms with E-state index in [0.29, 0.717) is 17.3 Å². The number of hydrogen-bond acceptors (Lipinski definition) is 3. The summed E-state index contributed by atoms with van der Waals surface area (Å²) < 4.78 is 0. The lowest BCUT2D eigenvalue weighted by Gasteiger charge is -2.14. The molecule has 1 aliphatic rings. The van der Waals surface area contributed by atoms with Crippen LogP contribution in [0.1, 0.15) is 23.6 Å². The third-order valence-electron chi connectivity index (χ3n) is 3.88. The summed E-state index contributed by atoms with van der Waals surface area (Å²) in [6.45, 7) is 6.47. The first-order valence-corrected chi connectivity index (χ1v) is 7.65. The van der Waals surface area contributed by atoms with Crippen molar-refractivity contribution in [1.29, 1.82) is 0 Å². The van der Waals surface area contributed by atoms with Gasteiger partial charge in [-0.25, -0.2) is 0 Å². The van der Waals surface area contributed by atoms with E-state index in [9.17, 15) is 0 Å². The van der Waals surface area contributed by atoms with Gasteiger partial charge < -0.3 is 4.84 Å². The van der Waals surface area contributed by atoms with Gasteiger partial charge in [0.05, 0.1) is 12.3 Å². The summed E-state index contributed by atoms with van der Waals surface area (Å²) in [6, 6.07) is 15.7. The quantitative estimate of drug-likeness (QED) is 0.658. The number of halogens is 1. The van der Waals surface area contributed by atoms with Crippen LogP contribution < -0.4 is 5.90 Å². The highest BCUT2D eigenvalue weighted by Gasteiger charge is 2.21. The molecule has 2 aromatic rings. The highest BCUT2D eigenvalue weighted by atomic mass is 35.5. The number of nitrogens with zero attached hydrogens (tertiary/aromatic N) is 1. The van der Waals surface area contributed by atoms with Crippen molar-refractivity contribution in [2.75, 3.05) is 6.54 Å². The Balaban J connectivity index is 2.23. The van der Waals surface area contributed by atoms with Gasteiger partial charge in [0, 0.05) is 21.7 Å². The van der Waals surface area contributed by atoms with Crippen molar-refractivity contribution >= 4 is 22.9 Å². The molecule has 0 fully saturated rings. The average molecular weight is 325 g/mol. The topological polar surface area (TPSA) is 47.6 Å². The van der Waals surface area contributed by atoms with Crippen molar-refractivity contribution in [3.05, 3.63) is 88.2 Å². The number of allylic oxidation sites excluding steroid dienone is 1. The molecule has 1 heterocycles. The van der Waals surface area contributed by atoms with Crippen molar-refractivity contribution in [1.82, 2.24) is 0 Å². The van der Waals surface area contributed by atoms with E-state index in [1.165, 1.54) is 0 Å². The molecule has 0 atom stereocenters. The molecule has 116 valence electrons. The molecule has 0 aliphatic carbocycles. The minimum Gasteiger partial charge on any atom is -0.416 e. The first-order valence-electron chi connectivity index (χ1n) is 7.27. The Hall–Kier alpha value is -2.36. The van der Waals surface area contributed by atoms with Crippen LogP contribution in [0.4, 0.5) is 0 Å². The van der Waals surface area contributed by atoms with Gasteiger partial charge >= 0.3 is 0 Å². The molecular weight excluding hydrogens is 308 g/mol. The lowest BCUT2D eigenvalue weighted by molar-refractivity contribution is 0.225. The second kappa shape index (κ2) is 6.41. The number of benzene rings is 2. The van der Waals surface area contributed by atoms with Crippen molar-refractivity contribution in [2.45, 2.75) is 6.92 Å². The fourth-order valence-corrected chi connectivity index (χ4v) is 2.91. The van der Waals surface area contributed by atoms with Gasteiger partial charge in [0.1, 0.15) is 5.76 Å². The Morgan fingerprint density at radius 1 is 1.13 bits per heavy atom. The third-order valence-corrected chi connectivity index (χ3v) is 4.13. The van der Waals surface area contributed by atoms with E-state index in [1.54, 1.807) is 0 Å². The minimum absolute atomic E-state index is 0.489. The molecule has 0 bridgehead atoms. The van der Waals surface area contributed by atoms with Crippen LogP contribution in [0.25, 0.3) is 5.57 Å². The van der Waals surface area contributed by atoms with Crippen LogP contribution in [0.15, 0.2) is 71.4 Å². The van der Waals surface area contributed by atoms with Gasteiger partial charge in [-0.15, -0.1) is 0 Å². The maximum Gasteiger partial charge on any atom is 0.129 e. The number of fused-ring (bicyclic) bond motifs is 1. The van der Waals surface area contributed by atoms with Gasteiger partial charge in [0.15, 0.2) is 0 Å². The van der Waals surface area contributed by atoms with E-state index in [4.69, 9.17) is 27.3 Å². The second-order valence-electron chi connectivity index (χ2n) is 5.37. The van der Waals surface area contributed by atoms with Gasteiger partial charge in [0.2, 0.25) is 0 Å². The van der Waals surface area contributed by atoms with Crippen molar-refractivity contribution in [3.8, 4) is 0 Å². The van der Waals surface area contributed by atoms with E-state index in [1.807, 2.05) is 55.5 Å². The molecule has 0 saturated heterocycles. The zero-order valence-electron chi connectivity index (χ0n) is 12.8. The Kier molecular flexibility index (Phi) is 4.33. The van der Waals surface area contributed by atoms with Crippen molar-refractivity contribution in [3.63, 3.8) is 0 Å². The monoisotopic (exact) mass is 324 g/mol. The number of nitrogens with two attached hydrogens (primary N) is 1. The van der Waals surface area contributed by atoms with Crippen molar-refractivity contribution < 1.29 is 4.84 Å². The van der Waals surface area contributed by atoms with Crippen LogP contribution in [0, 0.1) is 0 Å². The van der Waals surface area contributed by atoms with E-state index in [-0.39, 0.29) is 0 Å². The maximum absolute atomic E-state index is 6.00. The zero-order chi connectivity index (χ0) is 16.4. The summed E-state index contributed by atoms with van der Waals surface area (Å²) >= 11 is 6.00. The van der Waals surface area contributed by atoms with E-state index < -0.39 is 0 Å². The summed E-state index contributed by atoms with van der Waals surface area (Å²) in [5.74, 6) is 6.02. The zero-order valence-corrected chi connectivity index (χ0v) is 13.6. The molecule has 2 aromatic carbocycles. The second-order valence-corrected chi connectivity index (χ2v) is 5.81. The molecule has 23 heavy (non-hydrogen) atoms. The molecular formula is C19H17ClN2O. The molecule has 4 heteroatoms. The van der Waals surface area contributed by atoms with Gasteiger partial charge in [-0.05, 0) is 30.2 Å². The Morgan fingerprint density at radius 2 is 1.78 bits per heavy atom. The fourth-order valence-electron chi connectivity index (χ4n) is 2.79. The first kappa shape index (κ1) is 15.5. The summed E-state index contributed by atoms with van der Waals surface area (Å²) in [6.07, 6.45) is 0. The maximum atomic E-state index is 6.00. The van der Waals surface area contributed by atoms with E-state index in [0.717, 1.165) is 33.5 Å². The summed E-state index contributed by atoms with van der Waals surface area (Å²) in [5.41, 5.74) is 5.77. The Bertz CT molecular complexity index is 820. The normalized spacial score (nSPS) is 16.3. The van der Waals surface area contributed by atoms with Gasteiger partial charge in [0.25, 0.3) is 0 Å². The molecule has 1 aliphatic heterocycles. The van der Waals surface area contributed by atoms with E-state index in [2.05, 4.69) is 6.58 Å². The summed E-state index contributed by atoms with van der Waals surface area (Å²) in [7, 11) is 0. The molecule has 0 radical (unpaired) electrons. The Labute approximate surface area is 140 Å². The highest BCUT2D eigenvalue weighted by Crippen LogP contribution is 2.33. The third kappa shape index (κ3) is 2.93. The van der Waals surface area contributed by atoms with Gasteiger partial charge in [-0.3, -0.25) is 4.99 Å². The molecule has 3 nitrogen and oxygen atoms in total. The number of rotatable bonds is 2. The fraction of sp³-hybridized carbons (Fsp3) is 0.105. The highest BCUT2D eigenvalue weighted by molar-refractivity contribution is 6.30. The lowest BCUT2D eigenvalue weighted by Crippen LogP contribution is -2.06. The number of aliphatic imine (C=N–C) groups is 1. The molecule has 0 saturated carbocycles. The van der Waals surface area contributed by atoms with Crippen LogP contribution in [-0.4, -0.2) is 12.3 Å². The van der Waals surface area contributed by atoms with E-state index >= 15 is 0 Å². The van der Waals surface area contributed by atoms with Crippen LogP contribution in [0.2, 0.25) is 5.02 Å². The largest absolute Gasteiger partial charge is 0.416 e. The van der Waals surface area contributed by atoms with Crippen molar-refractivity contribution in [2.24, 2.45) is 10.9 Å². The van der Waals surface area contributed by atoms with Crippen LogP contribution in [-0.2, 0) is 4.84 Å². The predicted molar refractivity (Wildman–Crippen MR) is 95.4 cm³/mol. The summed E-state index contributed by atoms with van der Waals surface area (Å²) in [5, 5.41) is 0.702. The first-order chi connectivity index (χ1) is 11.1. The smallest absolute Gasteiger partial charge is 0.129 e. The standard InChI is InChI=1S/C19H17ClN2O/c1-12-11-22-19(14-7-9-15(20)10-8-14)17-6-4-3-5-16(17)18(12)13(2)23-21/h3-10H,1,11,21H2,2H3/b18-13+. The molecule has 0 amide bonds. The minimum atomic E-state index is 0.489.